The first-order chi connectivity index (χ1) is 30.5. The first-order valence-electron chi connectivity index (χ1n) is 21.4. The van der Waals surface area contributed by atoms with E-state index in [9.17, 15) is 0 Å². The minimum Gasteiger partial charge on any atom is -0.456 e. The lowest BCUT2D eigenvalue weighted by molar-refractivity contribution is 0.660. The molecule has 2 aromatic heterocycles. The summed E-state index contributed by atoms with van der Waals surface area (Å²) in [5.41, 5.74) is 16.3. The zero-order valence-corrected chi connectivity index (χ0v) is 34.3. The summed E-state index contributed by atoms with van der Waals surface area (Å²) in [5.74, 6) is 0. The number of hydrogen-bond acceptors (Lipinski definition) is 3. The fraction of sp³-hybridized carbons (Fsp3) is 0.0508. The quantitative estimate of drug-likeness (QED) is 0.163. The molecule has 1 aliphatic rings. The van der Waals surface area contributed by atoms with Gasteiger partial charge in [-0.2, -0.15) is 0 Å². The van der Waals surface area contributed by atoms with Gasteiger partial charge < -0.3 is 13.7 Å². The second kappa shape index (κ2) is 13.1. The van der Waals surface area contributed by atoms with E-state index in [1.54, 1.807) is 0 Å². The van der Waals surface area contributed by atoms with E-state index in [-0.39, 0.29) is 5.41 Å². The molecule has 3 heteroatoms. The van der Waals surface area contributed by atoms with Gasteiger partial charge in [0.1, 0.15) is 22.3 Å². The number of para-hydroxylation sites is 3. The van der Waals surface area contributed by atoms with E-state index in [4.69, 9.17) is 8.83 Å². The van der Waals surface area contributed by atoms with Crippen molar-refractivity contribution in [3.8, 4) is 33.4 Å². The van der Waals surface area contributed by atoms with Gasteiger partial charge in [-0.05, 0) is 116 Å². The molecule has 0 saturated carbocycles. The van der Waals surface area contributed by atoms with Gasteiger partial charge in [0.05, 0.1) is 5.69 Å². The molecule has 0 spiro atoms. The Balaban J connectivity index is 1.12. The lowest BCUT2D eigenvalue weighted by Gasteiger charge is -2.30. The van der Waals surface area contributed by atoms with Crippen LogP contribution in [-0.2, 0) is 5.41 Å². The summed E-state index contributed by atoms with van der Waals surface area (Å²) in [6.45, 7) is 4.70. The second-order valence-corrected chi connectivity index (χ2v) is 17.2. The molecule has 62 heavy (non-hydrogen) atoms. The van der Waals surface area contributed by atoms with Crippen LogP contribution in [0.5, 0.6) is 0 Å². The Morgan fingerprint density at radius 3 is 1.79 bits per heavy atom. The Morgan fingerprint density at radius 2 is 0.935 bits per heavy atom. The van der Waals surface area contributed by atoms with Crippen molar-refractivity contribution in [2.45, 2.75) is 19.3 Å². The summed E-state index contributed by atoms with van der Waals surface area (Å²) in [6.07, 6.45) is 0. The van der Waals surface area contributed by atoms with Crippen LogP contribution in [0.25, 0.3) is 98.8 Å². The molecule has 12 aromatic rings. The van der Waals surface area contributed by atoms with E-state index < -0.39 is 0 Å². The second-order valence-electron chi connectivity index (χ2n) is 17.2. The van der Waals surface area contributed by atoms with E-state index >= 15 is 0 Å². The minimum atomic E-state index is -0.173. The summed E-state index contributed by atoms with van der Waals surface area (Å²) in [5, 5.41) is 9.31. The summed E-state index contributed by atoms with van der Waals surface area (Å²) < 4.78 is 13.2. The maximum atomic E-state index is 6.66. The largest absolute Gasteiger partial charge is 0.456 e. The fourth-order valence-electron chi connectivity index (χ4n) is 10.6. The molecule has 3 nitrogen and oxygen atoms in total. The molecule has 0 unspecified atom stereocenters. The van der Waals surface area contributed by atoms with Crippen LogP contribution in [-0.4, -0.2) is 0 Å². The predicted molar refractivity (Wildman–Crippen MR) is 259 cm³/mol. The third-order valence-corrected chi connectivity index (χ3v) is 13.5. The van der Waals surface area contributed by atoms with Crippen LogP contribution in [0.4, 0.5) is 17.1 Å². The molecule has 0 amide bonds. The zero-order chi connectivity index (χ0) is 41.1. The van der Waals surface area contributed by atoms with E-state index in [2.05, 4.69) is 213 Å². The van der Waals surface area contributed by atoms with Gasteiger partial charge >= 0.3 is 0 Å². The third kappa shape index (κ3) is 5.00. The van der Waals surface area contributed by atoms with Gasteiger partial charge in [-0.3, -0.25) is 0 Å². The summed E-state index contributed by atoms with van der Waals surface area (Å²) in [4.78, 5) is 2.43. The smallest absolute Gasteiger partial charge is 0.137 e. The van der Waals surface area contributed by atoms with Gasteiger partial charge in [0.2, 0.25) is 0 Å². The first-order valence-corrected chi connectivity index (χ1v) is 21.4. The highest BCUT2D eigenvalue weighted by atomic mass is 16.3. The molecular weight excluding hydrogens is 755 g/mol. The van der Waals surface area contributed by atoms with Crippen LogP contribution in [0.15, 0.2) is 209 Å². The number of rotatable bonds is 5. The van der Waals surface area contributed by atoms with Crippen LogP contribution >= 0.6 is 0 Å². The predicted octanol–water partition coefficient (Wildman–Crippen LogP) is 16.9. The highest BCUT2D eigenvalue weighted by molar-refractivity contribution is 6.23. The van der Waals surface area contributed by atoms with Crippen LogP contribution in [0.3, 0.4) is 0 Å². The lowest BCUT2D eigenvalue weighted by atomic mass is 9.82. The molecule has 0 atom stereocenters. The van der Waals surface area contributed by atoms with Crippen molar-refractivity contribution in [2.75, 3.05) is 4.90 Å². The van der Waals surface area contributed by atoms with Crippen molar-refractivity contribution in [2.24, 2.45) is 0 Å². The molecular formula is C59H39NO2. The van der Waals surface area contributed by atoms with Crippen molar-refractivity contribution in [3.05, 3.63) is 211 Å². The monoisotopic (exact) mass is 793 g/mol. The molecule has 0 radical (unpaired) electrons. The molecule has 0 N–H and O–H groups in total. The molecule has 0 aliphatic heterocycles. The summed E-state index contributed by atoms with van der Waals surface area (Å²) >= 11 is 0. The van der Waals surface area contributed by atoms with E-state index in [0.29, 0.717) is 0 Å². The normalized spacial score (nSPS) is 13.1. The van der Waals surface area contributed by atoms with Crippen LogP contribution in [0.2, 0.25) is 0 Å². The molecule has 1 aliphatic carbocycles. The maximum Gasteiger partial charge on any atom is 0.137 e. The molecule has 13 rings (SSSR count). The SMILES string of the molecule is CC1(C)c2ccccc2-c2ccc(N(c3ccc4c(c3)oc3ccccc34)c3ccccc3-c3ccc4oc5ccccc5c4c3-c3cc4ccccc4c4ccccc34)cc21. The van der Waals surface area contributed by atoms with Gasteiger partial charge in [-0.15, -0.1) is 0 Å². The van der Waals surface area contributed by atoms with Crippen molar-refractivity contribution in [1.82, 2.24) is 0 Å². The van der Waals surface area contributed by atoms with E-state index in [1.165, 1.54) is 49.4 Å². The summed E-state index contributed by atoms with van der Waals surface area (Å²) in [7, 11) is 0. The zero-order valence-electron chi connectivity index (χ0n) is 34.3. The minimum absolute atomic E-state index is 0.173. The number of benzene rings is 10. The Labute approximate surface area is 358 Å². The van der Waals surface area contributed by atoms with E-state index in [0.717, 1.165) is 77.6 Å². The Morgan fingerprint density at radius 1 is 0.355 bits per heavy atom. The van der Waals surface area contributed by atoms with E-state index in [1.807, 2.05) is 6.07 Å². The average molecular weight is 794 g/mol. The summed E-state index contributed by atoms with van der Waals surface area (Å²) in [6, 6.07) is 72.6. The fourth-order valence-corrected chi connectivity index (χ4v) is 10.6. The van der Waals surface area contributed by atoms with Crippen LogP contribution < -0.4 is 4.90 Å². The lowest BCUT2D eigenvalue weighted by Crippen LogP contribution is -2.17. The van der Waals surface area contributed by atoms with Gasteiger partial charge in [-0.25, -0.2) is 0 Å². The number of hydrogen-bond donors (Lipinski definition) is 0. The van der Waals surface area contributed by atoms with Crippen molar-refractivity contribution >= 4 is 82.5 Å². The van der Waals surface area contributed by atoms with Crippen LogP contribution in [0, 0.1) is 0 Å². The van der Waals surface area contributed by atoms with Gasteiger partial charge in [0, 0.05) is 55.5 Å². The molecule has 292 valence electrons. The molecule has 0 saturated heterocycles. The number of fused-ring (bicyclic) bond motifs is 12. The molecule has 10 aromatic carbocycles. The first kappa shape index (κ1) is 34.9. The highest BCUT2D eigenvalue weighted by Crippen LogP contribution is 2.53. The molecule has 0 fully saturated rings. The topological polar surface area (TPSA) is 29.5 Å². The Hall–Kier alpha value is -7.88. The van der Waals surface area contributed by atoms with Gasteiger partial charge in [0.25, 0.3) is 0 Å². The Bertz CT molecular complexity index is 3810. The highest BCUT2D eigenvalue weighted by Gasteiger charge is 2.36. The average Bonchev–Trinajstić information content (AvgIpc) is 3.96. The van der Waals surface area contributed by atoms with Crippen molar-refractivity contribution in [1.29, 1.82) is 0 Å². The van der Waals surface area contributed by atoms with Gasteiger partial charge in [0.15, 0.2) is 0 Å². The van der Waals surface area contributed by atoms with Gasteiger partial charge in [-0.1, -0.05) is 147 Å². The number of furan rings is 2. The number of anilines is 3. The van der Waals surface area contributed by atoms with Crippen LogP contribution in [0.1, 0.15) is 25.0 Å². The standard InChI is InChI=1S/C59H39NO2/c1-59(2)50-23-11-7-19-42(50)43-29-27-37(34-51(43)59)60(38-28-30-46-45-21-9-13-25-53(45)62-56(46)35-38)52-24-12-8-20-44(52)47-31-32-55-58(48-22-10-14-26-54(48)61-55)57(47)49-33-36-15-3-4-16-39(36)40-17-5-6-18-41(40)49/h3-35H,1-2H3. The maximum absolute atomic E-state index is 6.66. The van der Waals surface area contributed by atoms with Crippen molar-refractivity contribution < 1.29 is 8.83 Å². The molecule has 2 heterocycles. The Kier molecular flexibility index (Phi) is 7.36. The molecule has 0 bridgehead atoms. The third-order valence-electron chi connectivity index (χ3n) is 13.5. The number of nitrogens with zero attached hydrogens (tertiary/aromatic N) is 1. The van der Waals surface area contributed by atoms with Crippen molar-refractivity contribution in [3.63, 3.8) is 0 Å².